The van der Waals surface area contributed by atoms with Crippen LogP contribution in [-0.4, -0.2) is 15.4 Å². The first kappa shape index (κ1) is 15.8. The minimum Gasteiger partial charge on any atom is -0.351 e. The van der Waals surface area contributed by atoms with E-state index < -0.39 is 6.03 Å². The molecule has 2 heterocycles. The lowest BCUT2D eigenvalue weighted by molar-refractivity contribution is 0.259. The van der Waals surface area contributed by atoms with Crippen molar-refractivity contribution in [1.82, 2.24) is 9.38 Å². The van der Waals surface area contributed by atoms with E-state index in [1.807, 2.05) is 40.9 Å². The molecule has 0 radical (unpaired) electrons. The van der Waals surface area contributed by atoms with Gasteiger partial charge in [-0.25, -0.2) is 14.2 Å². The van der Waals surface area contributed by atoms with E-state index in [9.17, 15) is 9.18 Å². The van der Waals surface area contributed by atoms with E-state index in [1.165, 1.54) is 12.1 Å². The van der Waals surface area contributed by atoms with E-state index in [4.69, 9.17) is 5.73 Å². The van der Waals surface area contributed by atoms with Crippen molar-refractivity contribution < 1.29 is 9.18 Å². The van der Waals surface area contributed by atoms with Crippen LogP contribution in [0.2, 0.25) is 0 Å². The summed E-state index contributed by atoms with van der Waals surface area (Å²) in [6.07, 6.45) is 3.69. The molecule has 4 aromatic rings. The molecule has 2 aromatic heterocycles. The number of imidazole rings is 1. The molecule has 0 aliphatic carbocycles. The number of primary amides is 1. The number of urea groups is 1. The van der Waals surface area contributed by atoms with Crippen molar-refractivity contribution in [3.8, 4) is 22.4 Å². The summed E-state index contributed by atoms with van der Waals surface area (Å²) in [5, 5.41) is 2.57. The zero-order chi connectivity index (χ0) is 18.1. The fraction of sp³-hybridized carbons (Fsp3) is 0. The highest BCUT2D eigenvalue weighted by Gasteiger charge is 2.08. The molecule has 0 saturated heterocycles. The molecular weight excluding hydrogens is 331 g/mol. The van der Waals surface area contributed by atoms with Crippen molar-refractivity contribution in [2.24, 2.45) is 5.73 Å². The minimum absolute atomic E-state index is 0.262. The molecule has 26 heavy (non-hydrogen) atoms. The van der Waals surface area contributed by atoms with Gasteiger partial charge in [0.1, 0.15) is 11.5 Å². The number of carbonyl (C=O) groups excluding carboxylic acids is 1. The van der Waals surface area contributed by atoms with Crippen molar-refractivity contribution >= 4 is 17.4 Å². The van der Waals surface area contributed by atoms with Crippen LogP contribution in [0.1, 0.15) is 0 Å². The highest BCUT2D eigenvalue weighted by molar-refractivity contribution is 5.88. The molecule has 0 fully saturated rings. The Morgan fingerprint density at radius 2 is 1.81 bits per heavy atom. The number of hydrogen-bond donors (Lipinski definition) is 2. The lowest BCUT2D eigenvalue weighted by atomic mass is 10.1. The normalized spacial score (nSPS) is 10.8. The molecule has 6 heteroatoms. The van der Waals surface area contributed by atoms with Crippen LogP contribution < -0.4 is 11.1 Å². The summed E-state index contributed by atoms with van der Waals surface area (Å²) >= 11 is 0. The van der Waals surface area contributed by atoms with Gasteiger partial charge in [-0.1, -0.05) is 24.3 Å². The summed E-state index contributed by atoms with van der Waals surface area (Å²) in [5.74, 6) is -0.262. The fourth-order valence-electron chi connectivity index (χ4n) is 2.91. The minimum atomic E-state index is -0.607. The number of nitrogens with two attached hydrogens (primary N) is 1. The summed E-state index contributed by atoms with van der Waals surface area (Å²) in [4.78, 5) is 15.5. The average molecular weight is 346 g/mol. The molecule has 0 saturated carbocycles. The molecule has 3 N–H and O–H groups in total. The number of fused-ring (bicyclic) bond motifs is 1. The number of benzene rings is 2. The van der Waals surface area contributed by atoms with Gasteiger partial charge in [0.25, 0.3) is 0 Å². The van der Waals surface area contributed by atoms with Crippen molar-refractivity contribution in [3.05, 3.63) is 78.9 Å². The zero-order valence-electron chi connectivity index (χ0n) is 13.7. The van der Waals surface area contributed by atoms with E-state index in [-0.39, 0.29) is 5.82 Å². The number of amides is 2. The first-order valence-electron chi connectivity index (χ1n) is 8.00. The third-order valence-corrected chi connectivity index (χ3v) is 4.12. The fourth-order valence-corrected chi connectivity index (χ4v) is 2.91. The van der Waals surface area contributed by atoms with E-state index in [0.29, 0.717) is 5.69 Å². The number of hydrogen-bond acceptors (Lipinski definition) is 2. The Bertz CT molecular complexity index is 1100. The third kappa shape index (κ3) is 3.00. The Balaban J connectivity index is 1.74. The molecule has 0 unspecified atom stereocenters. The number of pyridine rings is 1. The second-order valence-electron chi connectivity index (χ2n) is 5.86. The van der Waals surface area contributed by atoms with E-state index >= 15 is 0 Å². The van der Waals surface area contributed by atoms with Crippen LogP contribution in [0, 0.1) is 5.82 Å². The lowest BCUT2D eigenvalue weighted by Gasteiger charge is -2.07. The van der Waals surface area contributed by atoms with Crippen LogP contribution >= 0.6 is 0 Å². The average Bonchev–Trinajstić information content (AvgIpc) is 3.05. The van der Waals surface area contributed by atoms with Crippen molar-refractivity contribution in [1.29, 1.82) is 0 Å². The summed E-state index contributed by atoms with van der Waals surface area (Å²) in [5.41, 5.74) is 10.2. The smallest absolute Gasteiger partial charge is 0.316 e. The third-order valence-electron chi connectivity index (χ3n) is 4.12. The Hall–Kier alpha value is -3.67. The van der Waals surface area contributed by atoms with Crippen LogP contribution in [-0.2, 0) is 0 Å². The number of nitrogens with zero attached hydrogens (tertiary/aromatic N) is 2. The van der Waals surface area contributed by atoms with Crippen LogP contribution in [0.15, 0.2) is 73.1 Å². The van der Waals surface area contributed by atoms with Crippen molar-refractivity contribution in [3.63, 3.8) is 0 Å². The molecule has 0 aliphatic heterocycles. The topological polar surface area (TPSA) is 72.4 Å². The van der Waals surface area contributed by atoms with Gasteiger partial charge in [-0.05, 0) is 47.5 Å². The second-order valence-corrected chi connectivity index (χ2v) is 5.86. The van der Waals surface area contributed by atoms with Gasteiger partial charge in [0.15, 0.2) is 0 Å². The monoisotopic (exact) mass is 346 g/mol. The molecule has 4 rings (SSSR count). The predicted octanol–water partition coefficient (Wildman–Crippen LogP) is 4.30. The van der Waals surface area contributed by atoms with E-state index in [1.54, 1.807) is 24.4 Å². The van der Waals surface area contributed by atoms with Crippen molar-refractivity contribution in [2.45, 2.75) is 0 Å². The summed E-state index contributed by atoms with van der Waals surface area (Å²) in [7, 11) is 0. The Labute approximate surface area is 148 Å². The Morgan fingerprint density at radius 3 is 2.58 bits per heavy atom. The van der Waals surface area contributed by atoms with Gasteiger partial charge in [-0.2, -0.15) is 0 Å². The van der Waals surface area contributed by atoms with Gasteiger partial charge < -0.3 is 11.1 Å². The molecule has 2 amide bonds. The maximum atomic E-state index is 13.1. The molecular formula is C20H15FN4O. The van der Waals surface area contributed by atoms with E-state index in [0.717, 1.165) is 28.0 Å². The second kappa shape index (κ2) is 6.33. The highest BCUT2D eigenvalue weighted by Crippen LogP contribution is 2.26. The van der Waals surface area contributed by atoms with Crippen molar-refractivity contribution in [2.75, 3.05) is 5.32 Å². The van der Waals surface area contributed by atoms with E-state index in [2.05, 4.69) is 10.3 Å². The maximum absolute atomic E-state index is 13.1. The zero-order valence-corrected chi connectivity index (χ0v) is 13.7. The number of carbonyl (C=O) groups is 1. The summed E-state index contributed by atoms with van der Waals surface area (Å²) < 4.78 is 15.1. The molecule has 0 spiro atoms. The molecule has 0 aliphatic rings. The number of halogens is 1. The summed E-state index contributed by atoms with van der Waals surface area (Å²) in [6, 6.07) is 17.0. The largest absolute Gasteiger partial charge is 0.351 e. The van der Waals surface area contributed by atoms with Gasteiger partial charge in [-0.15, -0.1) is 0 Å². The first-order valence-corrected chi connectivity index (χ1v) is 8.00. The number of aromatic nitrogens is 2. The van der Waals surface area contributed by atoms with Crippen LogP contribution in [0.3, 0.4) is 0 Å². The van der Waals surface area contributed by atoms with Gasteiger partial charge in [0.05, 0.1) is 11.9 Å². The highest BCUT2D eigenvalue weighted by atomic mass is 19.1. The predicted molar refractivity (Wildman–Crippen MR) is 99.2 cm³/mol. The number of anilines is 1. The number of rotatable bonds is 3. The lowest BCUT2D eigenvalue weighted by Crippen LogP contribution is -2.19. The van der Waals surface area contributed by atoms with Gasteiger partial charge in [0, 0.05) is 17.4 Å². The molecule has 5 nitrogen and oxygen atoms in total. The molecule has 2 aromatic carbocycles. The van der Waals surface area contributed by atoms with Gasteiger partial charge in [-0.3, -0.25) is 4.40 Å². The van der Waals surface area contributed by atoms with Crippen LogP contribution in [0.4, 0.5) is 14.9 Å². The van der Waals surface area contributed by atoms with Gasteiger partial charge >= 0.3 is 6.03 Å². The molecule has 0 bridgehead atoms. The van der Waals surface area contributed by atoms with Crippen LogP contribution in [0.25, 0.3) is 28.0 Å². The maximum Gasteiger partial charge on any atom is 0.316 e. The van der Waals surface area contributed by atoms with Crippen LogP contribution in [0.5, 0.6) is 0 Å². The molecule has 0 atom stereocenters. The quantitative estimate of drug-likeness (QED) is 0.580. The Kier molecular flexibility index (Phi) is 3.85. The number of nitrogens with one attached hydrogen (secondary N) is 1. The standard InChI is InChI=1S/C20H15FN4O/c21-16-6-4-13(5-7-16)14-8-9-25-18(12-23-19(25)11-14)15-2-1-3-17(10-15)24-20(22)26/h1-12H,(H3,22,24,26). The SMILES string of the molecule is NC(=O)Nc1cccc(-c2cnc3cc(-c4ccc(F)cc4)ccn23)c1. The Morgan fingerprint density at radius 1 is 1.00 bits per heavy atom. The summed E-state index contributed by atoms with van der Waals surface area (Å²) in [6.45, 7) is 0. The molecule has 128 valence electrons. The van der Waals surface area contributed by atoms with Gasteiger partial charge in [0.2, 0.25) is 0 Å². The first-order chi connectivity index (χ1) is 12.6.